The summed E-state index contributed by atoms with van der Waals surface area (Å²) in [6.07, 6.45) is 0.916. The maximum atomic E-state index is 12.7. The molecule has 0 spiro atoms. The Morgan fingerprint density at radius 2 is 1.71 bits per heavy atom. The highest BCUT2D eigenvalue weighted by molar-refractivity contribution is 6.30. The molecule has 1 fully saturated rings. The summed E-state index contributed by atoms with van der Waals surface area (Å²) in [5, 5.41) is 9.00. The lowest BCUT2D eigenvalue weighted by Crippen LogP contribution is -2.54. The third-order valence-electron chi connectivity index (χ3n) is 7.20. The van der Waals surface area contributed by atoms with Gasteiger partial charge in [-0.05, 0) is 41.8 Å². The molecule has 2 N–H and O–H groups in total. The molecule has 0 saturated carbocycles. The molecular formula is C28H28ClN5O. The highest BCUT2D eigenvalue weighted by atomic mass is 35.5. The summed E-state index contributed by atoms with van der Waals surface area (Å²) in [4.78, 5) is 19.6. The third-order valence-corrected chi connectivity index (χ3v) is 7.46. The first-order valence-corrected chi connectivity index (χ1v) is 12.6. The molecule has 0 amide bonds. The SMILES string of the molecule is O=c1nc2ccccc2c2n1CC(CC1CNCCN1C(c1ccccc1)c1ccc(Cl)cc1)N2. The normalized spacial score (nSPS) is 20.9. The molecule has 3 aromatic carbocycles. The van der Waals surface area contributed by atoms with Gasteiger partial charge in [0.1, 0.15) is 5.82 Å². The van der Waals surface area contributed by atoms with E-state index in [0.717, 1.165) is 47.8 Å². The van der Waals surface area contributed by atoms with Gasteiger partial charge in [-0.3, -0.25) is 9.47 Å². The largest absolute Gasteiger partial charge is 0.366 e. The van der Waals surface area contributed by atoms with E-state index < -0.39 is 0 Å². The molecule has 3 heterocycles. The second-order valence-electron chi connectivity index (χ2n) is 9.41. The third kappa shape index (κ3) is 4.33. The fourth-order valence-electron chi connectivity index (χ4n) is 5.61. The average Bonchev–Trinajstić information content (AvgIpc) is 3.32. The highest BCUT2D eigenvalue weighted by Crippen LogP contribution is 2.34. The van der Waals surface area contributed by atoms with Crippen LogP contribution >= 0.6 is 11.6 Å². The van der Waals surface area contributed by atoms with Crippen LogP contribution in [0.4, 0.5) is 5.82 Å². The summed E-state index contributed by atoms with van der Waals surface area (Å²) in [6, 6.07) is 27.4. The van der Waals surface area contributed by atoms with Crippen molar-refractivity contribution in [2.45, 2.75) is 31.1 Å². The van der Waals surface area contributed by atoms with E-state index in [2.05, 4.69) is 63.0 Å². The Morgan fingerprint density at radius 1 is 0.971 bits per heavy atom. The first-order chi connectivity index (χ1) is 17.2. The van der Waals surface area contributed by atoms with Crippen LogP contribution < -0.4 is 16.3 Å². The first-order valence-electron chi connectivity index (χ1n) is 12.2. The van der Waals surface area contributed by atoms with Gasteiger partial charge in [0.25, 0.3) is 0 Å². The smallest absolute Gasteiger partial charge is 0.349 e. The fourth-order valence-corrected chi connectivity index (χ4v) is 5.74. The van der Waals surface area contributed by atoms with E-state index in [0.29, 0.717) is 12.6 Å². The van der Waals surface area contributed by atoms with Gasteiger partial charge in [-0.2, -0.15) is 4.98 Å². The van der Waals surface area contributed by atoms with E-state index in [1.807, 2.05) is 36.4 Å². The number of benzene rings is 3. The lowest BCUT2D eigenvalue weighted by Gasteiger charge is -2.43. The molecule has 0 bridgehead atoms. The van der Waals surface area contributed by atoms with Crippen LogP contribution in [0.2, 0.25) is 5.02 Å². The summed E-state index contributed by atoms with van der Waals surface area (Å²) >= 11 is 6.22. The summed E-state index contributed by atoms with van der Waals surface area (Å²) in [5.41, 5.74) is 3.07. The van der Waals surface area contributed by atoms with Crippen molar-refractivity contribution in [2.24, 2.45) is 0 Å². The summed E-state index contributed by atoms with van der Waals surface area (Å²) in [7, 11) is 0. The fraction of sp³-hybridized carbons (Fsp3) is 0.286. The summed E-state index contributed by atoms with van der Waals surface area (Å²) < 4.78 is 1.79. The Bertz CT molecular complexity index is 1390. The minimum Gasteiger partial charge on any atom is -0.366 e. The zero-order chi connectivity index (χ0) is 23.8. The molecule has 2 aliphatic heterocycles. The number of anilines is 1. The molecule has 7 heteroatoms. The molecule has 0 radical (unpaired) electrons. The molecule has 6 nitrogen and oxygen atoms in total. The molecule has 35 heavy (non-hydrogen) atoms. The minimum atomic E-state index is -0.185. The molecule has 0 aliphatic carbocycles. The molecule has 1 saturated heterocycles. The number of para-hydroxylation sites is 1. The molecule has 2 aliphatic rings. The Labute approximate surface area is 209 Å². The van der Waals surface area contributed by atoms with Crippen LogP contribution in [0.3, 0.4) is 0 Å². The monoisotopic (exact) mass is 485 g/mol. The second-order valence-corrected chi connectivity index (χ2v) is 9.84. The predicted octanol–water partition coefficient (Wildman–Crippen LogP) is 4.30. The standard InChI is InChI=1S/C28H28ClN5O/c29-21-12-10-20(11-13-21)26(19-6-2-1-3-7-19)33-15-14-30-17-23(33)16-22-18-34-27(31-22)24-8-4-5-9-25(24)32-28(34)35/h1-13,22-23,26,30-31H,14-18H2. The number of aromatic nitrogens is 2. The van der Waals surface area contributed by atoms with Crippen molar-refractivity contribution in [3.8, 4) is 0 Å². The quantitative estimate of drug-likeness (QED) is 0.441. The van der Waals surface area contributed by atoms with E-state index >= 15 is 0 Å². The van der Waals surface area contributed by atoms with Crippen molar-refractivity contribution in [1.82, 2.24) is 19.8 Å². The van der Waals surface area contributed by atoms with Crippen molar-refractivity contribution in [3.05, 3.63) is 105 Å². The van der Waals surface area contributed by atoms with Crippen LogP contribution in [-0.4, -0.2) is 46.2 Å². The van der Waals surface area contributed by atoms with Crippen LogP contribution in [0.25, 0.3) is 10.9 Å². The topological polar surface area (TPSA) is 62.2 Å². The van der Waals surface area contributed by atoms with Gasteiger partial charge in [0.15, 0.2) is 0 Å². The summed E-state index contributed by atoms with van der Waals surface area (Å²) in [6.45, 7) is 3.42. The second kappa shape index (κ2) is 9.46. The van der Waals surface area contributed by atoms with Gasteiger partial charge in [-0.1, -0.05) is 66.2 Å². The van der Waals surface area contributed by atoms with E-state index in [1.54, 1.807) is 4.57 Å². The van der Waals surface area contributed by atoms with Gasteiger partial charge in [0, 0.05) is 48.7 Å². The van der Waals surface area contributed by atoms with Gasteiger partial charge in [-0.25, -0.2) is 4.79 Å². The number of piperazine rings is 1. The van der Waals surface area contributed by atoms with E-state index in [1.165, 1.54) is 11.1 Å². The van der Waals surface area contributed by atoms with E-state index in [4.69, 9.17) is 11.6 Å². The van der Waals surface area contributed by atoms with Crippen LogP contribution in [0.1, 0.15) is 23.6 Å². The molecular weight excluding hydrogens is 458 g/mol. The van der Waals surface area contributed by atoms with Crippen molar-refractivity contribution < 1.29 is 0 Å². The number of hydrogen-bond acceptors (Lipinski definition) is 5. The summed E-state index contributed by atoms with van der Waals surface area (Å²) in [5.74, 6) is 0.887. The Kier molecular flexibility index (Phi) is 6.02. The molecule has 4 aromatic rings. The number of nitrogens with one attached hydrogen (secondary N) is 2. The van der Waals surface area contributed by atoms with Gasteiger partial charge in [0.2, 0.25) is 0 Å². The first kappa shape index (κ1) is 22.3. The minimum absolute atomic E-state index is 0.134. The van der Waals surface area contributed by atoms with Crippen molar-refractivity contribution in [3.63, 3.8) is 0 Å². The zero-order valence-corrected chi connectivity index (χ0v) is 20.2. The molecule has 3 atom stereocenters. The van der Waals surface area contributed by atoms with Crippen LogP contribution in [0.15, 0.2) is 83.7 Å². The van der Waals surface area contributed by atoms with Gasteiger partial charge in [0.05, 0.1) is 11.6 Å². The molecule has 1 aromatic heterocycles. The van der Waals surface area contributed by atoms with Crippen molar-refractivity contribution >= 4 is 28.3 Å². The van der Waals surface area contributed by atoms with E-state index in [9.17, 15) is 4.79 Å². The Balaban J connectivity index is 1.31. The van der Waals surface area contributed by atoms with E-state index in [-0.39, 0.29) is 17.8 Å². The number of fused-ring (bicyclic) bond motifs is 3. The average molecular weight is 486 g/mol. The maximum absolute atomic E-state index is 12.7. The van der Waals surface area contributed by atoms with Gasteiger partial charge in [-0.15, -0.1) is 0 Å². The Morgan fingerprint density at radius 3 is 2.54 bits per heavy atom. The van der Waals surface area contributed by atoms with Gasteiger partial charge >= 0.3 is 5.69 Å². The lowest BCUT2D eigenvalue weighted by atomic mass is 9.93. The Hall–Kier alpha value is -3.19. The molecule has 178 valence electrons. The molecule has 6 rings (SSSR count). The predicted molar refractivity (Wildman–Crippen MR) is 141 cm³/mol. The van der Waals surface area contributed by atoms with Crippen LogP contribution in [0.5, 0.6) is 0 Å². The van der Waals surface area contributed by atoms with Crippen molar-refractivity contribution in [2.75, 3.05) is 25.0 Å². The van der Waals surface area contributed by atoms with Gasteiger partial charge < -0.3 is 10.6 Å². The van der Waals surface area contributed by atoms with Crippen LogP contribution in [0, 0.1) is 0 Å². The number of halogens is 1. The highest BCUT2D eigenvalue weighted by Gasteiger charge is 2.34. The lowest BCUT2D eigenvalue weighted by molar-refractivity contribution is 0.114. The number of rotatable bonds is 5. The number of nitrogens with zero attached hydrogens (tertiary/aromatic N) is 3. The van der Waals surface area contributed by atoms with Crippen LogP contribution in [-0.2, 0) is 6.54 Å². The maximum Gasteiger partial charge on any atom is 0.349 e. The molecule has 3 unspecified atom stereocenters. The zero-order valence-electron chi connectivity index (χ0n) is 19.4. The van der Waals surface area contributed by atoms with Crippen molar-refractivity contribution in [1.29, 1.82) is 0 Å². The number of hydrogen-bond donors (Lipinski definition) is 2.